The predicted molar refractivity (Wildman–Crippen MR) is 107 cm³/mol. The average molecular weight is 425 g/mol. The lowest BCUT2D eigenvalue weighted by Gasteiger charge is -2.06. The minimum Gasteiger partial charge on any atom is -0.364 e. The average Bonchev–Trinajstić information content (AvgIpc) is 3.29. The third-order valence-corrected chi connectivity index (χ3v) is 6.61. The van der Waals surface area contributed by atoms with E-state index in [-0.39, 0.29) is 28.3 Å². The van der Waals surface area contributed by atoms with Crippen molar-refractivity contribution in [1.82, 2.24) is 24.9 Å². The minimum absolute atomic E-state index is 0.0393. The number of halogens is 1. The van der Waals surface area contributed by atoms with Crippen LogP contribution in [0.15, 0.2) is 63.1 Å². The first-order valence-corrected chi connectivity index (χ1v) is 10.5. The van der Waals surface area contributed by atoms with Gasteiger partial charge in [0.2, 0.25) is 0 Å². The van der Waals surface area contributed by atoms with Crippen molar-refractivity contribution >= 4 is 10.8 Å². The van der Waals surface area contributed by atoms with Crippen LogP contribution in [0.25, 0.3) is 22.9 Å². The monoisotopic (exact) mass is 425 g/mol. The van der Waals surface area contributed by atoms with Crippen molar-refractivity contribution in [3.8, 4) is 22.9 Å². The van der Waals surface area contributed by atoms with Gasteiger partial charge in [-0.05, 0) is 25.0 Å². The van der Waals surface area contributed by atoms with E-state index in [2.05, 4.69) is 20.2 Å². The molecule has 1 fully saturated rings. The van der Waals surface area contributed by atoms with Crippen LogP contribution in [0.4, 0.5) is 4.39 Å². The number of rotatable bonds is 6. The lowest BCUT2D eigenvalue weighted by atomic mass is 10.2. The second-order valence-electron chi connectivity index (χ2n) is 6.97. The summed E-state index contributed by atoms with van der Waals surface area (Å²) in [5.41, 5.74) is 1.48. The predicted octanol–water partition coefficient (Wildman–Crippen LogP) is 2.75. The molecule has 1 saturated carbocycles. The van der Waals surface area contributed by atoms with Gasteiger partial charge in [0, 0.05) is 16.9 Å². The summed E-state index contributed by atoms with van der Waals surface area (Å²) in [7, 11) is -1.35. The molecule has 1 aliphatic carbocycles. The van der Waals surface area contributed by atoms with Crippen molar-refractivity contribution in [1.29, 1.82) is 0 Å². The summed E-state index contributed by atoms with van der Waals surface area (Å²) in [6.07, 6.45) is 4.48. The molecule has 0 radical (unpaired) electrons. The molecular weight excluding hydrogens is 409 g/mol. The molecule has 0 aliphatic heterocycles. The van der Waals surface area contributed by atoms with Crippen LogP contribution < -0.4 is 5.56 Å². The smallest absolute Gasteiger partial charge is 0.267 e. The van der Waals surface area contributed by atoms with Gasteiger partial charge in [0.25, 0.3) is 5.56 Å². The molecule has 1 aliphatic rings. The molecule has 152 valence electrons. The van der Waals surface area contributed by atoms with Gasteiger partial charge in [-0.2, -0.15) is 5.10 Å². The Kier molecular flexibility index (Phi) is 4.62. The number of hydrogen-bond donors (Lipinski definition) is 1. The standard InChI is InChI=1S/C20H16FN5O3S/c21-14-4-2-1-3-12(14)11-26-17(15-7-8-29-25-15)9-16(24-26)19-22-10-18(20(27)23-19)30(28)13-5-6-13/h1-4,7-10,13H,5-6,11H2,(H,22,23,27). The second kappa shape index (κ2) is 7.45. The van der Waals surface area contributed by atoms with E-state index in [4.69, 9.17) is 4.52 Å². The first-order chi connectivity index (χ1) is 14.6. The molecule has 4 aromatic rings. The fraction of sp³-hybridized carbons (Fsp3) is 0.200. The number of benzene rings is 1. The van der Waals surface area contributed by atoms with Crippen molar-refractivity contribution in [2.75, 3.05) is 0 Å². The number of aromatic amines is 1. The number of nitrogens with zero attached hydrogens (tertiary/aromatic N) is 4. The molecule has 1 N–H and O–H groups in total. The molecule has 30 heavy (non-hydrogen) atoms. The number of H-pyrrole nitrogens is 1. The summed E-state index contributed by atoms with van der Waals surface area (Å²) in [6.45, 7) is 0.156. The minimum atomic E-state index is -1.35. The van der Waals surface area contributed by atoms with Crippen LogP contribution in [0, 0.1) is 5.82 Å². The SMILES string of the molecule is O=c1[nH]c(-c2cc(-c3ccon3)n(Cc3ccccc3F)n2)ncc1S(=O)C1CC1. The highest BCUT2D eigenvalue weighted by Gasteiger charge is 2.31. The van der Waals surface area contributed by atoms with Crippen molar-refractivity contribution in [2.45, 2.75) is 29.5 Å². The summed E-state index contributed by atoms with van der Waals surface area (Å²) in [6, 6.07) is 9.77. The molecule has 0 amide bonds. The molecule has 10 heteroatoms. The first-order valence-electron chi connectivity index (χ1n) is 9.32. The van der Waals surface area contributed by atoms with Gasteiger partial charge in [0.15, 0.2) is 5.82 Å². The maximum Gasteiger partial charge on any atom is 0.267 e. The normalized spacial score (nSPS) is 14.7. The second-order valence-corrected chi connectivity index (χ2v) is 8.67. The summed E-state index contributed by atoms with van der Waals surface area (Å²) < 4.78 is 33.0. The fourth-order valence-corrected chi connectivity index (χ4v) is 4.42. The molecular formula is C20H16FN5O3S. The zero-order valence-electron chi connectivity index (χ0n) is 15.6. The molecule has 0 spiro atoms. The van der Waals surface area contributed by atoms with Crippen LogP contribution in [0.2, 0.25) is 0 Å². The van der Waals surface area contributed by atoms with Gasteiger partial charge in [0.05, 0.1) is 29.2 Å². The van der Waals surface area contributed by atoms with Crippen molar-refractivity contribution in [3.05, 3.63) is 70.6 Å². The first kappa shape index (κ1) is 18.6. The van der Waals surface area contributed by atoms with E-state index in [0.717, 1.165) is 12.8 Å². The molecule has 5 rings (SSSR count). The Bertz CT molecular complexity index is 1290. The van der Waals surface area contributed by atoms with Crippen LogP contribution in [-0.4, -0.2) is 34.4 Å². The van der Waals surface area contributed by atoms with Gasteiger partial charge in [-0.1, -0.05) is 23.4 Å². The zero-order chi connectivity index (χ0) is 20.7. The van der Waals surface area contributed by atoms with E-state index in [1.165, 1.54) is 18.5 Å². The Balaban J connectivity index is 1.54. The summed E-state index contributed by atoms with van der Waals surface area (Å²) in [5, 5.41) is 8.47. The Morgan fingerprint density at radius 1 is 1.23 bits per heavy atom. The highest BCUT2D eigenvalue weighted by Crippen LogP contribution is 2.29. The van der Waals surface area contributed by atoms with Crippen LogP contribution in [0.5, 0.6) is 0 Å². The van der Waals surface area contributed by atoms with Crippen LogP contribution in [0.1, 0.15) is 18.4 Å². The lowest BCUT2D eigenvalue weighted by molar-refractivity contribution is 0.421. The summed E-state index contributed by atoms with van der Waals surface area (Å²) >= 11 is 0. The maximum absolute atomic E-state index is 14.2. The van der Waals surface area contributed by atoms with Gasteiger partial charge in [0.1, 0.15) is 28.4 Å². The largest absolute Gasteiger partial charge is 0.364 e. The molecule has 1 atom stereocenters. The van der Waals surface area contributed by atoms with E-state index in [1.807, 2.05) is 0 Å². The van der Waals surface area contributed by atoms with Crippen LogP contribution in [-0.2, 0) is 17.3 Å². The molecule has 1 aromatic carbocycles. The third kappa shape index (κ3) is 3.50. The molecule has 3 aromatic heterocycles. The molecule has 1 unspecified atom stereocenters. The van der Waals surface area contributed by atoms with E-state index < -0.39 is 16.4 Å². The zero-order valence-corrected chi connectivity index (χ0v) is 16.4. The van der Waals surface area contributed by atoms with Crippen LogP contribution in [0.3, 0.4) is 0 Å². The van der Waals surface area contributed by atoms with Gasteiger partial charge in [-0.3, -0.25) is 13.7 Å². The van der Waals surface area contributed by atoms with E-state index >= 15 is 0 Å². The van der Waals surface area contributed by atoms with E-state index in [0.29, 0.717) is 22.6 Å². The van der Waals surface area contributed by atoms with Gasteiger partial charge < -0.3 is 9.51 Å². The lowest BCUT2D eigenvalue weighted by Crippen LogP contribution is -2.17. The highest BCUT2D eigenvalue weighted by atomic mass is 32.2. The molecule has 0 bridgehead atoms. The maximum atomic E-state index is 14.2. The number of hydrogen-bond acceptors (Lipinski definition) is 6. The molecule has 0 saturated heterocycles. The van der Waals surface area contributed by atoms with Crippen molar-refractivity contribution < 1.29 is 13.1 Å². The van der Waals surface area contributed by atoms with E-state index in [9.17, 15) is 13.4 Å². The number of nitrogens with one attached hydrogen (secondary N) is 1. The molecule has 3 heterocycles. The van der Waals surface area contributed by atoms with E-state index in [1.54, 1.807) is 35.0 Å². The summed E-state index contributed by atoms with van der Waals surface area (Å²) in [4.78, 5) is 19.5. The van der Waals surface area contributed by atoms with Gasteiger partial charge >= 0.3 is 0 Å². The van der Waals surface area contributed by atoms with Gasteiger partial charge in [-0.25, -0.2) is 9.37 Å². The van der Waals surface area contributed by atoms with Crippen molar-refractivity contribution in [2.24, 2.45) is 0 Å². The van der Waals surface area contributed by atoms with Crippen LogP contribution >= 0.6 is 0 Å². The topological polar surface area (TPSA) is 107 Å². The Morgan fingerprint density at radius 2 is 2.07 bits per heavy atom. The van der Waals surface area contributed by atoms with Gasteiger partial charge in [-0.15, -0.1) is 0 Å². The Labute approximate surface area is 172 Å². The highest BCUT2D eigenvalue weighted by molar-refractivity contribution is 7.86. The van der Waals surface area contributed by atoms with Crippen molar-refractivity contribution in [3.63, 3.8) is 0 Å². The number of aromatic nitrogens is 5. The summed E-state index contributed by atoms with van der Waals surface area (Å²) in [5.74, 6) is -0.118. The fourth-order valence-electron chi connectivity index (χ4n) is 3.11. The molecule has 8 nitrogen and oxygen atoms in total. The Morgan fingerprint density at radius 3 is 2.77 bits per heavy atom. The third-order valence-electron chi connectivity index (χ3n) is 4.81. The Hall–Kier alpha value is -3.40. The quantitative estimate of drug-likeness (QED) is 0.509.